The van der Waals surface area contributed by atoms with E-state index < -0.39 is 0 Å². The number of nitrogens with zero attached hydrogens (tertiary/aromatic N) is 1. The summed E-state index contributed by atoms with van der Waals surface area (Å²) in [6.45, 7) is 6.05. The van der Waals surface area contributed by atoms with Crippen LogP contribution < -0.4 is 10.6 Å². The fourth-order valence-electron chi connectivity index (χ4n) is 2.05. The van der Waals surface area contributed by atoms with Gasteiger partial charge < -0.3 is 20.3 Å². The van der Waals surface area contributed by atoms with Crippen molar-refractivity contribution >= 4 is 6.03 Å². The summed E-state index contributed by atoms with van der Waals surface area (Å²) >= 11 is 0. The molecule has 2 N–H and O–H groups in total. The molecule has 15 heavy (non-hydrogen) atoms. The number of rotatable bonds is 1. The van der Waals surface area contributed by atoms with Crippen LogP contribution in [0, 0.1) is 0 Å². The molecule has 0 aromatic heterocycles. The van der Waals surface area contributed by atoms with Gasteiger partial charge in [-0.1, -0.05) is 0 Å². The van der Waals surface area contributed by atoms with Crippen molar-refractivity contribution in [3.05, 3.63) is 0 Å². The maximum Gasteiger partial charge on any atom is 0.318 e. The van der Waals surface area contributed by atoms with E-state index in [2.05, 4.69) is 17.6 Å². The van der Waals surface area contributed by atoms with Crippen molar-refractivity contribution in [2.24, 2.45) is 0 Å². The summed E-state index contributed by atoms with van der Waals surface area (Å²) in [5.41, 5.74) is 0. The van der Waals surface area contributed by atoms with Crippen LogP contribution >= 0.6 is 0 Å². The average molecular weight is 213 g/mol. The minimum absolute atomic E-state index is 0.0551. The fraction of sp³-hybridized carbons (Fsp3) is 0.900. The van der Waals surface area contributed by atoms with Crippen LogP contribution in [0.2, 0.25) is 0 Å². The van der Waals surface area contributed by atoms with Crippen LogP contribution in [0.3, 0.4) is 0 Å². The molecule has 0 spiro atoms. The predicted octanol–water partition coefficient (Wildman–Crippen LogP) is -0.221. The molecule has 2 heterocycles. The van der Waals surface area contributed by atoms with Crippen LogP contribution in [0.1, 0.15) is 13.3 Å². The van der Waals surface area contributed by atoms with E-state index in [1.807, 2.05) is 4.90 Å². The Morgan fingerprint density at radius 3 is 3.13 bits per heavy atom. The molecule has 0 radical (unpaired) electrons. The maximum absolute atomic E-state index is 11.9. The zero-order valence-corrected chi connectivity index (χ0v) is 9.16. The molecule has 2 aliphatic heterocycles. The summed E-state index contributed by atoms with van der Waals surface area (Å²) < 4.78 is 5.23. The molecule has 2 saturated heterocycles. The first kappa shape index (κ1) is 10.7. The van der Waals surface area contributed by atoms with E-state index in [1.54, 1.807) is 0 Å². The molecule has 2 rings (SSSR count). The quantitative estimate of drug-likeness (QED) is 0.633. The normalized spacial score (nSPS) is 31.7. The standard InChI is InChI=1S/C10H19N3O2/c1-8-6-11-3-4-13(8)10(14)12-9-2-5-15-7-9/h8-9,11H,2-7H2,1H3,(H,12,14)/t8-,9?/m1/s1. The lowest BCUT2D eigenvalue weighted by atomic mass is 10.2. The van der Waals surface area contributed by atoms with Gasteiger partial charge in [-0.25, -0.2) is 4.79 Å². The van der Waals surface area contributed by atoms with Crippen LogP contribution in [-0.4, -0.2) is 55.9 Å². The lowest BCUT2D eigenvalue weighted by molar-refractivity contribution is 0.156. The average Bonchev–Trinajstić information content (AvgIpc) is 2.71. The smallest absolute Gasteiger partial charge is 0.318 e. The van der Waals surface area contributed by atoms with Gasteiger partial charge in [-0.2, -0.15) is 0 Å². The molecule has 2 amide bonds. The molecule has 0 aromatic carbocycles. The zero-order valence-electron chi connectivity index (χ0n) is 9.16. The molecule has 0 aliphatic carbocycles. The van der Waals surface area contributed by atoms with Gasteiger partial charge in [-0.15, -0.1) is 0 Å². The van der Waals surface area contributed by atoms with Crippen LogP contribution in [0.25, 0.3) is 0 Å². The fourth-order valence-corrected chi connectivity index (χ4v) is 2.05. The van der Waals surface area contributed by atoms with Gasteiger partial charge >= 0.3 is 6.03 Å². The minimum Gasteiger partial charge on any atom is -0.379 e. The third-order valence-electron chi connectivity index (χ3n) is 3.02. The number of nitrogens with one attached hydrogen (secondary N) is 2. The van der Waals surface area contributed by atoms with Gasteiger partial charge in [0, 0.05) is 32.3 Å². The predicted molar refractivity (Wildman–Crippen MR) is 56.8 cm³/mol. The van der Waals surface area contributed by atoms with Gasteiger partial charge in [-0.3, -0.25) is 0 Å². The van der Waals surface area contributed by atoms with Crippen molar-refractivity contribution in [3.8, 4) is 0 Å². The number of piperazine rings is 1. The second-order valence-corrected chi connectivity index (χ2v) is 4.26. The van der Waals surface area contributed by atoms with E-state index in [0.717, 1.165) is 32.7 Å². The first-order valence-corrected chi connectivity index (χ1v) is 5.63. The Balaban J connectivity index is 1.83. The molecule has 5 nitrogen and oxygen atoms in total. The van der Waals surface area contributed by atoms with Crippen LogP contribution in [0.5, 0.6) is 0 Å². The van der Waals surface area contributed by atoms with Crippen molar-refractivity contribution < 1.29 is 9.53 Å². The van der Waals surface area contributed by atoms with Gasteiger partial charge in [0.05, 0.1) is 12.6 Å². The van der Waals surface area contributed by atoms with Crippen LogP contribution in [0.15, 0.2) is 0 Å². The molecule has 0 bridgehead atoms. The van der Waals surface area contributed by atoms with Gasteiger partial charge in [0.25, 0.3) is 0 Å². The maximum atomic E-state index is 11.9. The number of hydrogen-bond donors (Lipinski definition) is 2. The molecular weight excluding hydrogens is 194 g/mol. The highest BCUT2D eigenvalue weighted by Crippen LogP contribution is 2.07. The highest BCUT2D eigenvalue weighted by Gasteiger charge is 2.26. The summed E-state index contributed by atoms with van der Waals surface area (Å²) in [5, 5.41) is 6.28. The number of ether oxygens (including phenoxy) is 1. The summed E-state index contributed by atoms with van der Waals surface area (Å²) in [7, 11) is 0. The van der Waals surface area contributed by atoms with E-state index in [-0.39, 0.29) is 18.1 Å². The summed E-state index contributed by atoms with van der Waals surface area (Å²) in [6, 6.07) is 0.542. The number of hydrogen-bond acceptors (Lipinski definition) is 3. The van der Waals surface area contributed by atoms with Gasteiger partial charge in [-0.05, 0) is 13.3 Å². The van der Waals surface area contributed by atoms with Crippen LogP contribution in [-0.2, 0) is 4.74 Å². The Bertz CT molecular complexity index is 229. The number of carbonyl (C=O) groups excluding carboxylic acids is 1. The highest BCUT2D eigenvalue weighted by atomic mass is 16.5. The topological polar surface area (TPSA) is 53.6 Å². The van der Waals surface area contributed by atoms with Crippen molar-refractivity contribution in [1.29, 1.82) is 0 Å². The molecule has 5 heteroatoms. The van der Waals surface area contributed by atoms with Crippen molar-refractivity contribution in [2.45, 2.75) is 25.4 Å². The van der Waals surface area contributed by atoms with Gasteiger partial charge in [0.2, 0.25) is 0 Å². The largest absolute Gasteiger partial charge is 0.379 e. The lowest BCUT2D eigenvalue weighted by Crippen LogP contribution is -2.56. The molecule has 2 aliphatic rings. The third-order valence-corrected chi connectivity index (χ3v) is 3.02. The summed E-state index contributed by atoms with van der Waals surface area (Å²) in [4.78, 5) is 13.8. The summed E-state index contributed by atoms with van der Waals surface area (Å²) in [5.74, 6) is 0. The first-order valence-electron chi connectivity index (χ1n) is 5.63. The Morgan fingerprint density at radius 2 is 2.47 bits per heavy atom. The van der Waals surface area contributed by atoms with E-state index in [4.69, 9.17) is 4.74 Å². The Labute approximate surface area is 90.1 Å². The first-order chi connectivity index (χ1) is 7.27. The van der Waals surface area contributed by atoms with Crippen molar-refractivity contribution in [2.75, 3.05) is 32.8 Å². The Hall–Kier alpha value is -0.810. The highest BCUT2D eigenvalue weighted by molar-refractivity contribution is 5.75. The third kappa shape index (κ3) is 2.60. The van der Waals surface area contributed by atoms with E-state index >= 15 is 0 Å². The van der Waals surface area contributed by atoms with Crippen molar-refractivity contribution in [1.82, 2.24) is 15.5 Å². The molecular formula is C10H19N3O2. The Morgan fingerprint density at radius 1 is 1.60 bits per heavy atom. The number of carbonyl (C=O) groups is 1. The number of urea groups is 1. The SMILES string of the molecule is C[C@@H]1CNCCN1C(=O)NC1CCOC1. The minimum atomic E-state index is 0.0551. The zero-order chi connectivity index (χ0) is 10.7. The molecule has 86 valence electrons. The summed E-state index contributed by atoms with van der Waals surface area (Å²) in [6.07, 6.45) is 0.937. The second-order valence-electron chi connectivity index (χ2n) is 4.26. The molecule has 1 unspecified atom stereocenters. The number of amides is 2. The molecule has 0 aromatic rings. The lowest BCUT2D eigenvalue weighted by Gasteiger charge is -2.34. The van der Waals surface area contributed by atoms with Crippen LogP contribution in [0.4, 0.5) is 4.79 Å². The van der Waals surface area contributed by atoms with Gasteiger partial charge in [0.1, 0.15) is 0 Å². The van der Waals surface area contributed by atoms with E-state index in [9.17, 15) is 4.79 Å². The van der Waals surface area contributed by atoms with E-state index in [1.165, 1.54) is 0 Å². The molecule has 0 saturated carbocycles. The van der Waals surface area contributed by atoms with E-state index in [0.29, 0.717) is 6.61 Å². The molecule has 2 atom stereocenters. The monoisotopic (exact) mass is 213 g/mol. The van der Waals surface area contributed by atoms with Crippen molar-refractivity contribution in [3.63, 3.8) is 0 Å². The second kappa shape index (κ2) is 4.81. The molecule has 2 fully saturated rings. The Kier molecular flexibility index (Phi) is 3.43. The van der Waals surface area contributed by atoms with Gasteiger partial charge in [0.15, 0.2) is 0 Å².